The van der Waals surface area contributed by atoms with Crippen LogP contribution in [0.25, 0.3) is 0 Å². The van der Waals surface area contributed by atoms with Crippen molar-refractivity contribution < 1.29 is 14.6 Å². The van der Waals surface area contributed by atoms with Gasteiger partial charge in [-0.05, 0) is 13.8 Å². The van der Waals surface area contributed by atoms with Crippen molar-refractivity contribution in [2.75, 3.05) is 6.61 Å². The van der Waals surface area contributed by atoms with Gasteiger partial charge in [0.25, 0.3) is 0 Å². The minimum atomic E-state index is -1.06. The Kier molecular flexibility index (Phi) is 3.79. The summed E-state index contributed by atoms with van der Waals surface area (Å²) in [5.41, 5.74) is 0. The maximum absolute atomic E-state index is 9.89. The van der Waals surface area contributed by atoms with Crippen LogP contribution in [0.1, 0.15) is 13.8 Å². The number of hydrogen-bond acceptors (Lipinski definition) is 2. The summed E-state index contributed by atoms with van der Waals surface area (Å²) in [5.74, 6) is 0. The number of hydrogen-bond donors (Lipinski definition) is 2. The molecule has 4 heteroatoms. The SMILES string of the molecule is CCOC(C)NC(=O)O. The Balaban J connectivity index is 3.26. The van der Waals surface area contributed by atoms with Gasteiger partial charge in [0.15, 0.2) is 0 Å². The van der Waals surface area contributed by atoms with E-state index in [4.69, 9.17) is 9.84 Å². The molecule has 54 valence electrons. The van der Waals surface area contributed by atoms with E-state index in [9.17, 15) is 4.79 Å². The van der Waals surface area contributed by atoms with Crippen LogP contribution in [-0.2, 0) is 4.74 Å². The van der Waals surface area contributed by atoms with E-state index in [0.29, 0.717) is 6.61 Å². The van der Waals surface area contributed by atoms with E-state index in [0.717, 1.165) is 0 Å². The molecule has 0 spiro atoms. The number of ether oxygens (including phenoxy) is 1. The van der Waals surface area contributed by atoms with Crippen molar-refractivity contribution in [3.05, 3.63) is 0 Å². The highest BCUT2D eigenvalue weighted by molar-refractivity contribution is 5.64. The van der Waals surface area contributed by atoms with Gasteiger partial charge in [-0.2, -0.15) is 0 Å². The van der Waals surface area contributed by atoms with Gasteiger partial charge in [0.1, 0.15) is 6.23 Å². The molecule has 0 aliphatic carbocycles. The lowest BCUT2D eigenvalue weighted by Gasteiger charge is -2.09. The molecule has 0 bridgehead atoms. The molecular weight excluding hydrogens is 122 g/mol. The molecular formula is C5H11NO3. The third-order valence-electron chi connectivity index (χ3n) is 0.743. The van der Waals surface area contributed by atoms with Crippen LogP contribution in [0.15, 0.2) is 0 Å². The van der Waals surface area contributed by atoms with Crippen LogP contribution in [0.5, 0.6) is 0 Å². The summed E-state index contributed by atoms with van der Waals surface area (Å²) < 4.78 is 4.86. The van der Waals surface area contributed by atoms with Crippen molar-refractivity contribution in [1.82, 2.24) is 5.32 Å². The Morgan fingerprint density at radius 2 is 2.44 bits per heavy atom. The maximum Gasteiger partial charge on any atom is 0.406 e. The number of nitrogens with one attached hydrogen (secondary N) is 1. The third-order valence-corrected chi connectivity index (χ3v) is 0.743. The van der Waals surface area contributed by atoms with Crippen LogP contribution >= 0.6 is 0 Å². The van der Waals surface area contributed by atoms with Gasteiger partial charge in [-0.3, -0.25) is 5.32 Å². The second-order valence-corrected chi connectivity index (χ2v) is 1.55. The van der Waals surface area contributed by atoms with Crippen LogP contribution < -0.4 is 5.32 Å². The average Bonchev–Trinajstić information content (AvgIpc) is 1.63. The number of carbonyl (C=O) groups is 1. The Morgan fingerprint density at radius 1 is 1.89 bits per heavy atom. The van der Waals surface area contributed by atoms with E-state index < -0.39 is 12.3 Å². The van der Waals surface area contributed by atoms with E-state index in [-0.39, 0.29) is 0 Å². The van der Waals surface area contributed by atoms with Gasteiger partial charge in [0, 0.05) is 6.61 Å². The van der Waals surface area contributed by atoms with E-state index in [1.165, 1.54) is 0 Å². The summed E-state index contributed by atoms with van der Waals surface area (Å²) in [7, 11) is 0. The molecule has 1 atom stereocenters. The van der Waals surface area contributed by atoms with Gasteiger partial charge in [-0.25, -0.2) is 4.79 Å². The summed E-state index contributed by atoms with van der Waals surface area (Å²) in [5, 5.41) is 10.3. The average molecular weight is 133 g/mol. The summed E-state index contributed by atoms with van der Waals surface area (Å²) >= 11 is 0. The molecule has 1 amide bonds. The Hall–Kier alpha value is -0.770. The molecule has 0 aliphatic rings. The molecule has 4 nitrogen and oxygen atoms in total. The monoisotopic (exact) mass is 133 g/mol. The quantitative estimate of drug-likeness (QED) is 0.555. The molecule has 0 fully saturated rings. The largest absolute Gasteiger partial charge is 0.465 e. The Morgan fingerprint density at radius 3 is 2.78 bits per heavy atom. The second-order valence-electron chi connectivity index (χ2n) is 1.55. The van der Waals surface area contributed by atoms with Gasteiger partial charge in [0.2, 0.25) is 0 Å². The van der Waals surface area contributed by atoms with Gasteiger partial charge >= 0.3 is 6.09 Å². The number of rotatable bonds is 3. The van der Waals surface area contributed by atoms with Crippen molar-refractivity contribution in [3.8, 4) is 0 Å². The highest BCUT2D eigenvalue weighted by Gasteiger charge is 2.01. The lowest BCUT2D eigenvalue weighted by atomic mass is 10.6. The lowest BCUT2D eigenvalue weighted by molar-refractivity contribution is 0.0522. The first-order chi connectivity index (χ1) is 4.16. The van der Waals surface area contributed by atoms with Crippen LogP contribution in [0, 0.1) is 0 Å². The zero-order chi connectivity index (χ0) is 7.28. The number of carboxylic acid groups (broad SMARTS) is 1. The first-order valence-corrected chi connectivity index (χ1v) is 2.78. The molecule has 2 N–H and O–H groups in total. The standard InChI is InChI=1S/C5H11NO3/c1-3-9-4(2)6-5(7)8/h4,6H,3H2,1-2H3,(H,7,8). The fourth-order valence-electron chi connectivity index (χ4n) is 0.466. The normalized spacial score (nSPS) is 12.7. The first-order valence-electron chi connectivity index (χ1n) is 2.78. The fourth-order valence-corrected chi connectivity index (χ4v) is 0.466. The lowest BCUT2D eigenvalue weighted by Crippen LogP contribution is -2.33. The van der Waals surface area contributed by atoms with Crippen molar-refractivity contribution in [1.29, 1.82) is 0 Å². The zero-order valence-electron chi connectivity index (χ0n) is 5.55. The van der Waals surface area contributed by atoms with Gasteiger partial charge < -0.3 is 9.84 Å². The molecule has 0 heterocycles. The smallest absolute Gasteiger partial charge is 0.406 e. The summed E-state index contributed by atoms with van der Waals surface area (Å²) in [6.07, 6.45) is -1.47. The van der Waals surface area contributed by atoms with Crippen LogP contribution in [-0.4, -0.2) is 24.0 Å². The van der Waals surface area contributed by atoms with Crippen LogP contribution in [0.2, 0.25) is 0 Å². The van der Waals surface area contributed by atoms with E-state index in [2.05, 4.69) is 5.32 Å². The second kappa shape index (κ2) is 4.14. The molecule has 9 heavy (non-hydrogen) atoms. The van der Waals surface area contributed by atoms with Crippen molar-refractivity contribution in [2.45, 2.75) is 20.1 Å². The maximum atomic E-state index is 9.89. The third kappa shape index (κ3) is 5.10. The molecule has 0 aromatic carbocycles. The molecule has 0 aliphatic heterocycles. The molecule has 0 aromatic heterocycles. The highest BCUT2D eigenvalue weighted by atomic mass is 16.5. The molecule has 0 aromatic rings. The molecule has 0 rings (SSSR count). The van der Waals surface area contributed by atoms with Crippen molar-refractivity contribution >= 4 is 6.09 Å². The summed E-state index contributed by atoms with van der Waals surface area (Å²) in [4.78, 5) is 9.89. The van der Waals surface area contributed by atoms with Gasteiger partial charge in [-0.1, -0.05) is 0 Å². The molecule has 1 unspecified atom stereocenters. The Bertz CT molecular complexity index is 94.2. The van der Waals surface area contributed by atoms with Gasteiger partial charge in [0.05, 0.1) is 0 Å². The minimum absolute atomic E-state index is 0.410. The Labute approximate surface area is 53.8 Å². The van der Waals surface area contributed by atoms with Crippen LogP contribution in [0.4, 0.5) is 4.79 Å². The van der Waals surface area contributed by atoms with Gasteiger partial charge in [-0.15, -0.1) is 0 Å². The summed E-state index contributed by atoms with van der Waals surface area (Å²) in [6, 6.07) is 0. The zero-order valence-corrected chi connectivity index (χ0v) is 5.55. The van der Waals surface area contributed by atoms with Crippen molar-refractivity contribution in [2.24, 2.45) is 0 Å². The predicted molar refractivity (Wildman–Crippen MR) is 32.2 cm³/mol. The van der Waals surface area contributed by atoms with Crippen molar-refractivity contribution in [3.63, 3.8) is 0 Å². The predicted octanol–water partition coefficient (Wildman–Crippen LogP) is 0.637. The molecule has 0 saturated carbocycles. The van der Waals surface area contributed by atoms with E-state index in [1.807, 2.05) is 0 Å². The first kappa shape index (κ1) is 8.23. The minimum Gasteiger partial charge on any atom is -0.465 e. The molecule has 0 radical (unpaired) electrons. The van der Waals surface area contributed by atoms with Crippen LogP contribution in [0.3, 0.4) is 0 Å². The topological polar surface area (TPSA) is 58.6 Å². The highest BCUT2D eigenvalue weighted by Crippen LogP contribution is 1.82. The molecule has 0 saturated heterocycles. The fraction of sp³-hybridized carbons (Fsp3) is 0.800. The summed E-state index contributed by atoms with van der Waals surface area (Å²) in [6.45, 7) is 3.96. The van der Waals surface area contributed by atoms with E-state index >= 15 is 0 Å². The van der Waals surface area contributed by atoms with E-state index in [1.54, 1.807) is 13.8 Å². The number of amides is 1.